The van der Waals surface area contributed by atoms with Gasteiger partial charge in [-0.3, -0.25) is 0 Å². The van der Waals surface area contributed by atoms with E-state index in [0.717, 1.165) is 36.8 Å². The van der Waals surface area contributed by atoms with Crippen LogP contribution in [0.1, 0.15) is 23.6 Å². The van der Waals surface area contributed by atoms with E-state index in [-0.39, 0.29) is 16.9 Å². The molecule has 0 unspecified atom stereocenters. The monoisotopic (exact) mass is 331 g/mol. The third-order valence-corrected chi connectivity index (χ3v) is 3.93. The van der Waals surface area contributed by atoms with Crippen LogP contribution < -0.4 is 5.32 Å². The Morgan fingerprint density at radius 2 is 2.14 bits per heavy atom. The standard InChI is InChI=1S/C13H13ClF3N5/c1-7-20-21-11-3-2-9(6-22(7)11)19-12-10(14)4-8(5-18-12)13(15,16)17/h4-5,9H,2-3,6H2,1H3,(H,18,19)/t9-/m0/s1. The number of pyridine rings is 1. The van der Waals surface area contributed by atoms with Gasteiger partial charge in [0.1, 0.15) is 17.5 Å². The average molecular weight is 332 g/mol. The maximum Gasteiger partial charge on any atom is 0.417 e. The molecule has 0 amide bonds. The smallest absolute Gasteiger partial charge is 0.364 e. The maximum absolute atomic E-state index is 12.6. The first-order valence-corrected chi connectivity index (χ1v) is 7.10. The number of aryl methyl sites for hydroxylation is 2. The third kappa shape index (κ3) is 2.87. The molecule has 0 saturated carbocycles. The number of aromatic nitrogens is 4. The number of hydrogen-bond acceptors (Lipinski definition) is 4. The molecule has 0 saturated heterocycles. The Morgan fingerprint density at radius 1 is 1.36 bits per heavy atom. The van der Waals surface area contributed by atoms with Crippen molar-refractivity contribution in [2.24, 2.45) is 0 Å². The van der Waals surface area contributed by atoms with E-state index in [4.69, 9.17) is 11.6 Å². The van der Waals surface area contributed by atoms with Gasteiger partial charge in [0.05, 0.1) is 10.6 Å². The highest BCUT2D eigenvalue weighted by atomic mass is 35.5. The second kappa shape index (κ2) is 5.42. The Labute approximate surface area is 129 Å². The number of rotatable bonds is 2. The van der Waals surface area contributed by atoms with Crippen LogP contribution in [0.25, 0.3) is 0 Å². The lowest BCUT2D eigenvalue weighted by Crippen LogP contribution is -2.32. The minimum Gasteiger partial charge on any atom is -0.364 e. The Morgan fingerprint density at radius 3 is 2.82 bits per heavy atom. The van der Waals surface area contributed by atoms with Crippen molar-refractivity contribution < 1.29 is 13.2 Å². The van der Waals surface area contributed by atoms with Gasteiger partial charge in [0.2, 0.25) is 0 Å². The molecule has 3 rings (SSSR count). The molecule has 2 aromatic heterocycles. The van der Waals surface area contributed by atoms with Crippen molar-refractivity contribution in [2.75, 3.05) is 5.32 Å². The molecule has 0 radical (unpaired) electrons. The Balaban J connectivity index is 1.76. The fourth-order valence-electron chi connectivity index (χ4n) is 2.47. The molecule has 0 spiro atoms. The largest absolute Gasteiger partial charge is 0.417 e. The fraction of sp³-hybridized carbons (Fsp3) is 0.462. The van der Waals surface area contributed by atoms with E-state index in [2.05, 4.69) is 20.5 Å². The Kier molecular flexibility index (Phi) is 3.72. The quantitative estimate of drug-likeness (QED) is 0.919. The van der Waals surface area contributed by atoms with Crippen LogP contribution in [0.5, 0.6) is 0 Å². The lowest BCUT2D eigenvalue weighted by atomic mass is 10.1. The Bertz CT molecular complexity index is 697. The van der Waals surface area contributed by atoms with Crippen LogP contribution in [-0.2, 0) is 19.1 Å². The molecule has 3 heterocycles. The summed E-state index contributed by atoms with van der Waals surface area (Å²) >= 11 is 5.91. The van der Waals surface area contributed by atoms with Gasteiger partial charge in [0.15, 0.2) is 0 Å². The molecule has 1 atom stereocenters. The summed E-state index contributed by atoms with van der Waals surface area (Å²) in [5.74, 6) is 1.99. The van der Waals surface area contributed by atoms with Gasteiger partial charge >= 0.3 is 6.18 Å². The lowest BCUT2D eigenvalue weighted by molar-refractivity contribution is -0.137. The zero-order valence-electron chi connectivity index (χ0n) is 11.7. The molecule has 118 valence electrons. The first-order chi connectivity index (χ1) is 10.3. The molecule has 22 heavy (non-hydrogen) atoms. The zero-order valence-corrected chi connectivity index (χ0v) is 12.4. The first-order valence-electron chi connectivity index (χ1n) is 6.72. The van der Waals surface area contributed by atoms with Crippen LogP contribution in [0.4, 0.5) is 19.0 Å². The predicted molar refractivity (Wildman–Crippen MR) is 74.7 cm³/mol. The van der Waals surface area contributed by atoms with Crippen LogP contribution in [0.15, 0.2) is 12.3 Å². The van der Waals surface area contributed by atoms with Crippen molar-refractivity contribution in [1.29, 1.82) is 0 Å². The summed E-state index contributed by atoms with van der Waals surface area (Å²) in [6.45, 7) is 2.50. The minimum atomic E-state index is -4.45. The number of nitrogens with one attached hydrogen (secondary N) is 1. The number of halogens is 4. The van der Waals surface area contributed by atoms with Gasteiger partial charge in [-0.2, -0.15) is 13.2 Å². The molecular formula is C13H13ClF3N5. The molecule has 1 aliphatic rings. The number of nitrogens with zero attached hydrogens (tertiary/aromatic N) is 4. The van der Waals surface area contributed by atoms with Crippen molar-refractivity contribution in [3.63, 3.8) is 0 Å². The molecule has 2 aromatic rings. The summed E-state index contributed by atoms with van der Waals surface area (Å²) in [4.78, 5) is 3.80. The van der Waals surface area contributed by atoms with E-state index in [1.807, 2.05) is 11.5 Å². The van der Waals surface area contributed by atoms with E-state index < -0.39 is 11.7 Å². The zero-order chi connectivity index (χ0) is 15.9. The molecular weight excluding hydrogens is 319 g/mol. The average Bonchev–Trinajstić information content (AvgIpc) is 2.81. The number of anilines is 1. The van der Waals surface area contributed by atoms with Gasteiger partial charge in [-0.15, -0.1) is 10.2 Å². The highest BCUT2D eigenvalue weighted by molar-refractivity contribution is 6.33. The predicted octanol–water partition coefficient (Wildman–Crippen LogP) is 3.08. The number of fused-ring (bicyclic) bond motifs is 1. The minimum absolute atomic E-state index is 0.0175. The summed E-state index contributed by atoms with van der Waals surface area (Å²) in [7, 11) is 0. The van der Waals surface area contributed by atoms with Gasteiger partial charge in [0, 0.05) is 25.2 Å². The van der Waals surface area contributed by atoms with Crippen LogP contribution in [0, 0.1) is 6.92 Å². The fourth-order valence-corrected chi connectivity index (χ4v) is 2.69. The molecule has 0 fully saturated rings. The molecule has 0 aromatic carbocycles. The normalized spacial score (nSPS) is 18.1. The first kappa shape index (κ1) is 15.1. The van der Waals surface area contributed by atoms with Crippen molar-refractivity contribution in [1.82, 2.24) is 19.7 Å². The molecule has 9 heteroatoms. The van der Waals surface area contributed by atoms with Gasteiger partial charge in [-0.05, 0) is 19.4 Å². The topological polar surface area (TPSA) is 55.6 Å². The van der Waals surface area contributed by atoms with Crippen LogP contribution in [0.2, 0.25) is 5.02 Å². The molecule has 1 aliphatic heterocycles. The summed E-state index contributed by atoms with van der Waals surface area (Å²) in [5.41, 5.74) is -0.858. The highest BCUT2D eigenvalue weighted by Crippen LogP contribution is 2.32. The van der Waals surface area contributed by atoms with Gasteiger partial charge in [-0.1, -0.05) is 11.6 Å². The van der Waals surface area contributed by atoms with Crippen molar-refractivity contribution in [3.8, 4) is 0 Å². The molecule has 0 aliphatic carbocycles. The number of alkyl halides is 3. The van der Waals surface area contributed by atoms with E-state index >= 15 is 0 Å². The van der Waals surface area contributed by atoms with Crippen LogP contribution in [0.3, 0.4) is 0 Å². The summed E-state index contributed by atoms with van der Waals surface area (Å²) < 4.78 is 39.8. The second-order valence-corrected chi connectivity index (χ2v) is 5.61. The maximum atomic E-state index is 12.6. The van der Waals surface area contributed by atoms with Gasteiger partial charge < -0.3 is 9.88 Å². The van der Waals surface area contributed by atoms with Crippen molar-refractivity contribution in [2.45, 2.75) is 38.5 Å². The number of hydrogen-bond donors (Lipinski definition) is 1. The van der Waals surface area contributed by atoms with Gasteiger partial charge in [-0.25, -0.2) is 4.98 Å². The summed E-state index contributed by atoms with van der Waals surface area (Å²) in [5, 5.41) is 11.1. The summed E-state index contributed by atoms with van der Waals surface area (Å²) in [6, 6.07) is 0.902. The lowest BCUT2D eigenvalue weighted by Gasteiger charge is -2.25. The highest BCUT2D eigenvalue weighted by Gasteiger charge is 2.32. The second-order valence-electron chi connectivity index (χ2n) is 5.21. The van der Waals surface area contributed by atoms with Crippen molar-refractivity contribution >= 4 is 17.4 Å². The Hall–Kier alpha value is -1.83. The van der Waals surface area contributed by atoms with E-state index in [9.17, 15) is 13.2 Å². The van der Waals surface area contributed by atoms with E-state index in [1.54, 1.807) is 0 Å². The van der Waals surface area contributed by atoms with Crippen LogP contribution >= 0.6 is 11.6 Å². The van der Waals surface area contributed by atoms with Gasteiger partial charge in [0.25, 0.3) is 0 Å². The summed E-state index contributed by atoms with van der Waals surface area (Å²) in [6.07, 6.45) is -2.13. The van der Waals surface area contributed by atoms with E-state index in [0.29, 0.717) is 6.54 Å². The molecule has 5 nitrogen and oxygen atoms in total. The molecule has 0 bridgehead atoms. The molecule has 1 N–H and O–H groups in total. The van der Waals surface area contributed by atoms with Crippen LogP contribution in [-0.4, -0.2) is 25.8 Å². The van der Waals surface area contributed by atoms with Crippen molar-refractivity contribution in [3.05, 3.63) is 34.5 Å². The SMILES string of the molecule is Cc1nnc2n1C[C@@H](Nc1ncc(C(F)(F)F)cc1Cl)CC2. The third-order valence-electron chi connectivity index (χ3n) is 3.64. The van der Waals surface area contributed by atoms with E-state index in [1.165, 1.54) is 0 Å².